The fourth-order valence-electron chi connectivity index (χ4n) is 0. The highest BCUT2D eigenvalue weighted by Gasteiger charge is 1.87. The molecule has 0 heterocycles. The predicted molar refractivity (Wildman–Crippen MR) is 30.5 cm³/mol. The molecule has 4 nitrogen and oxygen atoms in total. The molecule has 0 amide bonds. The quantitative estimate of drug-likeness (QED) is 0.435. The lowest BCUT2D eigenvalue weighted by Crippen LogP contribution is -2.27. The van der Waals surface area contributed by atoms with Gasteiger partial charge in [0.05, 0.1) is 0 Å². The van der Waals surface area contributed by atoms with Gasteiger partial charge in [-0.15, -0.1) is 0 Å². The molecule has 4 heteroatoms. The van der Waals surface area contributed by atoms with Crippen molar-refractivity contribution in [3.05, 3.63) is 0 Å². The Hall–Kier alpha value is -1.06. The van der Waals surface area contributed by atoms with E-state index in [0.29, 0.717) is 0 Å². The summed E-state index contributed by atoms with van der Waals surface area (Å²) in [6, 6.07) is 0. The summed E-state index contributed by atoms with van der Waals surface area (Å²) in [5.74, 6) is -2.42. The van der Waals surface area contributed by atoms with E-state index in [1.165, 1.54) is 0 Å². The monoisotopic (exact) mass is 146 g/mol. The molecule has 0 aliphatic carbocycles. The summed E-state index contributed by atoms with van der Waals surface area (Å²) >= 11 is 0. The Morgan fingerprint density at radius 3 is 1.30 bits per heavy atom. The SMILES string of the molecule is CC(=O)[O-].CC(C)C(=O)[O-]. The van der Waals surface area contributed by atoms with Crippen molar-refractivity contribution in [1.82, 2.24) is 0 Å². The Kier molecular flexibility index (Phi) is 7.10. The molecule has 0 bridgehead atoms. The second-order valence-corrected chi connectivity index (χ2v) is 1.97. The highest BCUT2D eigenvalue weighted by atomic mass is 16.4. The summed E-state index contributed by atoms with van der Waals surface area (Å²) < 4.78 is 0. The minimum atomic E-state index is -1.08. The molecule has 0 fully saturated rings. The Balaban J connectivity index is 0. The number of carbonyl (C=O) groups excluding carboxylic acids is 2. The summed E-state index contributed by atoms with van der Waals surface area (Å²) in [4.78, 5) is 18.5. The van der Waals surface area contributed by atoms with Crippen LogP contribution in [0.2, 0.25) is 0 Å². The van der Waals surface area contributed by atoms with Gasteiger partial charge < -0.3 is 19.8 Å². The Morgan fingerprint density at radius 2 is 1.30 bits per heavy atom. The molecule has 0 aromatic heterocycles. The van der Waals surface area contributed by atoms with Crippen molar-refractivity contribution >= 4 is 11.9 Å². The molecule has 0 saturated heterocycles. The number of carbonyl (C=O) groups is 2. The number of aliphatic carboxylic acids is 2. The molecule has 10 heavy (non-hydrogen) atoms. The largest absolute Gasteiger partial charge is 0.550 e. The first-order chi connectivity index (χ1) is 4.37. The molecule has 0 unspecified atom stereocenters. The van der Waals surface area contributed by atoms with Crippen LogP contribution in [-0.4, -0.2) is 11.9 Å². The number of hydrogen-bond acceptors (Lipinski definition) is 4. The van der Waals surface area contributed by atoms with E-state index in [0.717, 1.165) is 6.92 Å². The highest BCUT2D eigenvalue weighted by Crippen LogP contribution is 1.83. The third-order valence-electron chi connectivity index (χ3n) is 0.471. The van der Waals surface area contributed by atoms with E-state index in [1.54, 1.807) is 13.8 Å². The Morgan fingerprint density at radius 1 is 1.20 bits per heavy atom. The van der Waals surface area contributed by atoms with Crippen molar-refractivity contribution in [1.29, 1.82) is 0 Å². The molecule has 0 aromatic carbocycles. The second-order valence-electron chi connectivity index (χ2n) is 1.97. The number of carboxylic acid groups (broad SMARTS) is 2. The molecule has 0 atom stereocenters. The van der Waals surface area contributed by atoms with Gasteiger partial charge >= 0.3 is 0 Å². The van der Waals surface area contributed by atoms with Crippen LogP contribution in [0, 0.1) is 5.92 Å². The minimum Gasteiger partial charge on any atom is -0.550 e. The minimum absolute atomic E-state index is 0.343. The topological polar surface area (TPSA) is 80.3 Å². The Bertz CT molecular complexity index is 113. The first-order valence-corrected chi connectivity index (χ1v) is 2.76. The van der Waals surface area contributed by atoms with Gasteiger partial charge in [-0.2, -0.15) is 0 Å². The van der Waals surface area contributed by atoms with Crippen LogP contribution in [0.1, 0.15) is 20.8 Å². The van der Waals surface area contributed by atoms with Crippen molar-refractivity contribution in [3.63, 3.8) is 0 Å². The molecule has 60 valence electrons. The fraction of sp³-hybridized carbons (Fsp3) is 0.667. The molecule has 0 saturated carbocycles. The summed E-state index contributed by atoms with van der Waals surface area (Å²) in [6.45, 7) is 4.13. The van der Waals surface area contributed by atoms with E-state index in [9.17, 15) is 9.90 Å². The average molecular weight is 146 g/mol. The molecule has 0 spiro atoms. The van der Waals surface area contributed by atoms with Crippen molar-refractivity contribution in [3.8, 4) is 0 Å². The standard InChI is InChI=1S/C4H8O2.C2H4O2/c1-3(2)4(5)6;1-2(3)4/h3H,1-2H3,(H,5,6);1H3,(H,3,4)/p-2. The van der Waals surface area contributed by atoms with E-state index < -0.39 is 11.9 Å². The van der Waals surface area contributed by atoms with Crippen LogP contribution in [0.15, 0.2) is 0 Å². The fourth-order valence-corrected chi connectivity index (χ4v) is 0. The summed E-state index contributed by atoms with van der Waals surface area (Å²) in [5.41, 5.74) is 0. The van der Waals surface area contributed by atoms with Crippen LogP contribution in [0.4, 0.5) is 0 Å². The van der Waals surface area contributed by atoms with Gasteiger partial charge in [0.1, 0.15) is 0 Å². The van der Waals surface area contributed by atoms with Gasteiger partial charge in [0.25, 0.3) is 0 Å². The molecule has 0 radical (unpaired) electrons. The van der Waals surface area contributed by atoms with Gasteiger partial charge in [0.15, 0.2) is 0 Å². The molecule has 0 rings (SSSR count). The van der Waals surface area contributed by atoms with E-state index in [-0.39, 0.29) is 5.92 Å². The third-order valence-corrected chi connectivity index (χ3v) is 0.471. The number of carboxylic acids is 2. The van der Waals surface area contributed by atoms with Gasteiger partial charge in [0, 0.05) is 11.9 Å². The van der Waals surface area contributed by atoms with Crippen LogP contribution in [0.25, 0.3) is 0 Å². The van der Waals surface area contributed by atoms with Crippen LogP contribution in [0.5, 0.6) is 0 Å². The predicted octanol–water partition coefficient (Wildman–Crippen LogP) is -1.85. The van der Waals surface area contributed by atoms with E-state index in [1.807, 2.05) is 0 Å². The van der Waals surface area contributed by atoms with Gasteiger partial charge in [-0.3, -0.25) is 0 Å². The maximum absolute atomic E-state index is 9.59. The lowest BCUT2D eigenvalue weighted by atomic mass is 10.2. The van der Waals surface area contributed by atoms with Gasteiger partial charge in [-0.25, -0.2) is 0 Å². The van der Waals surface area contributed by atoms with E-state index in [2.05, 4.69) is 0 Å². The lowest BCUT2D eigenvalue weighted by Gasteiger charge is -2.01. The van der Waals surface area contributed by atoms with Gasteiger partial charge in [-0.05, 0) is 12.8 Å². The normalized spacial score (nSPS) is 8.00. The molecular weight excluding hydrogens is 136 g/mol. The van der Waals surface area contributed by atoms with Crippen LogP contribution in [-0.2, 0) is 9.59 Å². The van der Waals surface area contributed by atoms with Gasteiger partial charge in [0.2, 0.25) is 0 Å². The van der Waals surface area contributed by atoms with Crippen LogP contribution >= 0.6 is 0 Å². The Labute approximate surface area is 59.5 Å². The van der Waals surface area contributed by atoms with E-state index in [4.69, 9.17) is 9.90 Å². The van der Waals surface area contributed by atoms with Crippen LogP contribution < -0.4 is 10.2 Å². The zero-order valence-corrected chi connectivity index (χ0v) is 6.21. The highest BCUT2D eigenvalue weighted by molar-refractivity contribution is 5.66. The average Bonchev–Trinajstić information content (AvgIpc) is 1.63. The molecular formula is C6H10O4-2. The van der Waals surface area contributed by atoms with Crippen molar-refractivity contribution < 1.29 is 19.8 Å². The molecule has 0 aliphatic heterocycles. The number of hydrogen-bond donors (Lipinski definition) is 0. The first kappa shape index (κ1) is 11.7. The summed E-state index contributed by atoms with van der Waals surface area (Å²) in [5, 5.41) is 18.5. The molecule has 0 aliphatic rings. The molecule has 0 N–H and O–H groups in total. The maximum atomic E-state index is 9.59. The van der Waals surface area contributed by atoms with Crippen molar-refractivity contribution in [2.45, 2.75) is 20.8 Å². The second kappa shape index (κ2) is 6.07. The summed E-state index contributed by atoms with van der Waals surface area (Å²) in [7, 11) is 0. The summed E-state index contributed by atoms with van der Waals surface area (Å²) in [6.07, 6.45) is 0. The van der Waals surface area contributed by atoms with Crippen molar-refractivity contribution in [2.75, 3.05) is 0 Å². The van der Waals surface area contributed by atoms with Crippen molar-refractivity contribution in [2.24, 2.45) is 5.92 Å². The van der Waals surface area contributed by atoms with E-state index >= 15 is 0 Å². The van der Waals surface area contributed by atoms with Gasteiger partial charge in [-0.1, -0.05) is 13.8 Å². The first-order valence-electron chi connectivity index (χ1n) is 2.76. The smallest absolute Gasteiger partial charge is 0.0439 e. The molecule has 0 aromatic rings. The zero-order chi connectivity index (χ0) is 8.73. The lowest BCUT2D eigenvalue weighted by molar-refractivity contribution is -0.310. The maximum Gasteiger partial charge on any atom is 0.0439 e. The number of rotatable bonds is 1. The third kappa shape index (κ3) is 28.3. The van der Waals surface area contributed by atoms with Crippen LogP contribution in [0.3, 0.4) is 0 Å². The zero-order valence-electron chi connectivity index (χ0n) is 6.21.